The minimum absolute atomic E-state index is 0.0186. The van der Waals surface area contributed by atoms with Crippen molar-refractivity contribution in [2.45, 2.75) is 132 Å². The van der Waals surface area contributed by atoms with E-state index in [0.717, 1.165) is 23.6 Å². The highest BCUT2D eigenvalue weighted by Crippen LogP contribution is 2.49. The van der Waals surface area contributed by atoms with Gasteiger partial charge in [-0.25, -0.2) is 18.2 Å². The van der Waals surface area contributed by atoms with Crippen molar-refractivity contribution >= 4 is 44.6 Å². The van der Waals surface area contributed by atoms with Gasteiger partial charge in [0, 0.05) is 23.9 Å². The van der Waals surface area contributed by atoms with Crippen molar-refractivity contribution in [3.05, 3.63) is 48.7 Å². The van der Waals surface area contributed by atoms with Gasteiger partial charge in [-0.15, -0.1) is 0 Å². The van der Waals surface area contributed by atoms with Crippen LogP contribution >= 0.6 is 0 Å². The van der Waals surface area contributed by atoms with Gasteiger partial charge in [0.2, 0.25) is 27.7 Å². The van der Waals surface area contributed by atoms with Gasteiger partial charge < -0.3 is 25.0 Å². The lowest BCUT2D eigenvalue weighted by molar-refractivity contribution is -0.141. The molecule has 282 valence electrons. The lowest BCUT2D eigenvalue weighted by Gasteiger charge is -2.30. The van der Waals surface area contributed by atoms with Crippen LogP contribution in [0.15, 0.2) is 48.7 Å². The molecule has 3 heterocycles. The van der Waals surface area contributed by atoms with Crippen molar-refractivity contribution < 1.29 is 37.1 Å². The number of sulfonamides is 1. The highest BCUT2D eigenvalue weighted by Gasteiger charge is 2.63. The number of benzene rings is 1. The van der Waals surface area contributed by atoms with Gasteiger partial charge in [0.05, 0.1) is 11.3 Å². The summed E-state index contributed by atoms with van der Waals surface area (Å²) in [5.41, 5.74) is -2.29. The highest BCUT2D eigenvalue weighted by atomic mass is 32.2. The van der Waals surface area contributed by atoms with Gasteiger partial charge in [0.25, 0.3) is 5.91 Å². The largest absolute Gasteiger partial charge is 0.472 e. The number of fused-ring (bicyclic) bond motifs is 3. The zero-order chi connectivity index (χ0) is 37.3. The number of pyridine rings is 1. The second kappa shape index (κ2) is 14.7. The summed E-state index contributed by atoms with van der Waals surface area (Å²) in [6.45, 7) is 7.13. The Bertz CT molecular complexity index is 1830. The minimum Gasteiger partial charge on any atom is -0.472 e. The predicted octanol–water partition coefficient (Wildman–Crippen LogP) is 4.65. The van der Waals surface area contributed by atoms with Gasteiger partial charge in [0.15, 0.2) is 0 Å². The molecule has 0 bridgehead atoms. The van der Waals surface area contributed by atoms with E-state index in [1.807, 2.05) is 49.4 Å². The molecule has 13 nitrogen and oxygen atoms in total. The molecule has 2 saturated carbocycles. The summed E-state index contributed by atoms with van der Waals surface area (Å²) in [6, 6.07) is 7.40. The molecule has 4 aliphatic rings. The molecule has 14 heteroatoms. The summed E-state index contributed by atoms with van der Waals surface area (Å²) < 4.78 is 40.2. The van der Waals surface area contributed by atoms with Crippen molar-refractivity contribution in [2.24, 2.45) is 5.92 Å². The summed E-state index contributed by atoms with van der Waals surface area (Å²) in [4.78, 5) is 61.6. The number of amides is 4. The molecular weight excluding hydrogens is 687 g/mol. The summed E-state index contributed by atoms with van der Waals surface area (Å²) >= 11 is 0. The van der Waals surface area contributed by atoms with Gasteiger partial charge in [-0.1, -0.05) is 56.5 Å². The summed E-state index contributed by atoms with van der Waals surface area (Å²) in [5, 5.41) is 7.35. The third kappa shape index (κ3) is 8.06. The number of hydrogen-bond acceptors (Lipinski definition) is 9. The van der Waals surface area contributed by atoms with E-state index in [-0.39, 0.29) is 19.4 Å². The summed E-state index contributed by atoms with van der Waals surface area (Å²) in [7, 11) is -3.99. The fourth-order valence-corrected chi connectivity index (χ4v) is 9.28. The molecule has 6 rings (SSSR count). The monoisotopic (exact) mass is 737 g/mol. The molecular formula is C38H51N5O8S. The molecule has 2 aliphatic carbocycles. The maximum atomic E-state index is 14.4. The Labute approximate surface area is 305 Å². The SMILES string of the molecule is CCCC1(S(=O)(=O)NC(=O)[C@@]23C[C@H]2C=CCCCCC[C@H](NC(=O)OC(C)(C)C)C(=O)N2C[C@H](Oc4nccc5ccccc45)C[C@H]2C(=O)N3)CC1. The van der Waals surface area contributed by atoms with Crippen molar-refractivity contribution in [3.63, 3.8) is 0 Å². The van der Waals surface area contributed by atoms with Gasteiger partial charge in [-0.2, -0.15) is 0 Å². The molecule has 5 atom stereocenters. The smallest absolute Gasteiger partial charge is 0.408 e. The normalized spacial score (nSPS) is 27.7. The van der Waals surface area contributed by atoms with Gasteiger partial charge >= 0.3 is 6.09 Å². The molecule has 3 fully saturated rings. The lowest BCUT2D eigenvalue weighted by Crippen LogP contribution is -2.58. The Kier molecular flexibility index (Phi) is 10.6. The molecule has 0 radical (unpaired) electrons. The Morgan fingerprint density at radius 3 is 2.60 bits per heavy atom. The fourth-order valence-electron chi connectivity index (χ4n) is 7.53. The minimum atomic E-state index is -3.99. The molecule has 1 aromatic heterocycles. The third-order valence-electron chi connectivity index (χ3n) is 10.6. The van der Waals surface area contributed by atoms with Crippen LogP contribution in [0.5, 0.6) is 5.88 Å². The molecule has 0 unspecified atom stereocenters. The Balaban J connectivity index is 1.30. The van der Waals surface area contributed by atoms with Crippen LogP contribution in [0.4, 0.5) is 4.79 Å². The highest BCUT2D eigenvalue weighted by molar-refractivity contribution is 7.91. The van der Waals surface area contributed by atoms with E-state index in [0.29, 0.717) is 50.8 Å². The molecule has 0 spiro atoms. The van der Waals surface area contributed by atoms with Crippen LogP contribution in [0, 0.1) is 5.92 Å². The van der Waals surface area contributed by atoms with Gasteiger partial charge in [-0.05, 0) is 83.2 Å². The van der Waals surface area contributed by atoms with E-state index in [4.69, 9.17) is 9.47 Å². The number of allylic oxidation sites excluding steroid dienone is 1. The number of ether oxygens (including phenoxy) is 2. The van der Waals surface area contributed by atoms with Crippen LogP contribution in [0.25, 0.3) is 10.8 Å². The average Bonchev–Trinajstić information content (AvgIpc) is 3.97. The number of nitrogens with one attached hydrogen (secondary N) is 3. The molecule has 4 amide bonds. The number of aromatic nitrogens is 1. The average molecular weight is 738 g/mol. The first-order valence-electron chi connectivity index (χ1n) is 18.5. The number of carbonyl (C=O) groups is 4. The van der Waals surface area contributed by atoms with Crippen LogP contribution in [0.2, 0.25) is 0 Å². The standard InChI is InChI=1S/C38H51N5O8S/c1-5-18-37(19-20-37)52(48,49)42-34(46)38-23-26(38)14-9-7-6-8-10-16-29(40-35(47)51-36(2,3)4)33(45)43-24-27(22-30(43)31(44)41-38)50-32-28-15-12-11-13-25(28)17-21-39-32/h9,11-15,17,21,26-27,29-30H,5-8,10,16,18-20,22-24H2,1-4H3,(H,40,47)(H,41,44)(H,42,46)/t26-,27-,29+,30+,38-/m1/s1. The van der Waals surface area contributed by atoms with Crippen molar-refractivity contribution in [1.82, 2.24) is 25.2 Å². The quantitative estimate of drug-likeness (QED) is 0.326. The van der Waals surface area contributed by atoms with Crippen molar-refractivity contribution in [1.29, 1.82) is 0 Å². The first-order chi connectivity index (χ1) is 24.7. The second-order valence-corrected chi connectivity index (χ2v) is 17.8. The number of hydrogen-bond donors (Lipinski definition) is 3. The van der Waals surface area contributed by atoms with Crippen LogP contribution in [-0.2, 0) is 29.1 Å². The summed E-state index contributed by atoms with van der Waals surface area (Å²) in [5.74, 6) is -1.90. The predicted molar refractivity (Wildman–Crippen MR) is 195 cm³/mol. The Morgan fingerprint density at radius 1 is 1.10 bits per heavy atom. The molecule has 52 heavy (non-hydrogen) atoms. The van der Waals surface area contributed by atoms with Crippen molar-refractivity contribution in [3.8, 4) is 5.88 Å². The van der Waals surface area contributed by atoms with Crippen LogP contribution in [-0.4, -0.2) is 82.7 Å². The second-order valence-electron chi connectivity index (χ2n) is 15.7. The number of nitrogens with zero attached hydrogens (tertiary/aromatic N) is 2. The van der Waals surface area contributed by atoms with Crippen molar-refractivity contribution in [2.75, 3.05) is 6.54 Å². The first kappa shape index (κ1) is 37.6. The maximum absolute atomic E-state index is 14.4. The van der Waals surface area contributed by atoms with Gasteiger partial charge in [0.1, 0.15) is 29.3 Å². The number of rotatable bonds is 8. The Hall–Kier alpha value is -4.20. The fraction of sp³-hybridized carbons (Fsp3) is 0.605. The van der Waals surface area contributed by atoms with E-state index in [1.54, 1.807) is 27.0 Å². The topological polar surface area (TPSA) is 173 Å². The van der Waals surface area contributed by atoms with Crippen LogP contribution in [0.3, 0.4) is 0 Å². The molecule has 2 aliphatic heterocycles. The van der Waals surface area contributed by atoms with Crippen LogP contribution in [0.1, 0.15) is 98.3 Å². The molecule has 1 aromatic carbocycles. The first-order valence-corrected chi connectivity index (χ1v) is 20.0. The van der Waals surface area contributed by atoms with E-state index in [2.05, 4.69) is 20.3 Å². The number of alkyl carbamates (subject to hydrolysis) is 1. The van der Waals surface area contributed by atoms with E-state index in [1.165, 1.54) is 4.90 Å². The Morgan fingerprint density at radius 2 is 1.87 bits per heavy atom. The maximum Gasteiger partial charge on any atom is 0.408 e. The van der Waals surface area contributed by atoms with Crippen LogP contribution < -0.4 is 20.1 Å². The number of carbonyl (C=O) groups excluding carboxylic acids is 4. The van der Waals surface area contributed by atoms with E-state index in [9.17, 15) is 27.6 Å². The van der Waals surface area contributed by atoms with E-state index < -0.39 is 73.8 Å². The van der Waals surface area contributed by atoms with Gasteiger partial charge in [-0.3, -0.25) is 19.1 Å². The third-order valence-corrected chi connectivity index (χ3v) is 12.8. The molecule has 3 N–H and O–H groups in total. The summed E-state index contributed by atoms with van der Waals surface area (Å²) in [6.07, 6.45) is 9.71. The lowest BCUT2D eigenvalue weighted by atomic mass is 10.0. The van der Waals surface area contributed by atoms with E-state index >= 15 is 0 Å². The zero-order valence-electron chi connectivity index (χ0n) is 30.5. The zero-order valence-corrected chi connectivity index (χ0v) is 31.3. The molecule has 1 saturated heterocycles. The molecule has 2 aromatic rings.